The number of cyclic esters (lactones) is 1. The van der Waals surface area contributed by atoms with E-state index in [1.54, 1.807) is 0 Å². The molecule has 0 saturated heterocycles. The summed E-state index contributed by atoms with van der Waals surface area (Å²) in [5.41, 5.74) is 1.63. The van der Waals surface area contributed by atoms with Crippen LogP contribution in [0.25, 0.3) is 10.8 Å². The Morgan fingerprint density at radius 1 is 1.14 bits per heavy atom. The van der Waals surface area contributed by atoms with Crippen LogP contribution in [-0.4, -0.2) is 31.5 Å². The number of carbonyl (C=O) groups excluding carboxylic acids is 1. The van der Waals surface area contributed by atoms with Gasteiger partial charge in [-0.3, -0.25) is 0 Å². The van der Waals surface area contributed by atoms with E-state index in [0.29, 0.717) is 0 Å². The third-order valence-electron chi connectivity index (χ3n) is 4.11. The summed E-state index contributed by atoms with van der Waals surface area (Å²) in [4.78, 5) is 14.5. The van der Waals surface area contributed by atoms with Crippen molar-refractivity contribution >= 4 is 16.7 Å². The molecular formula is C18H21NO2. The molecule has 3 nitrogen and oxygen atoms in total. The van der Waals surface area contributed by atoms with E-state index in [9.17, 15) is 4.79 Å². The molecule has 0 radical (unpaired) electrons. The van der Waals surface area contributed by atoms with Crippen molar-refractivity contribution in [3.63, 3.8) is 0 Å². The van der Waals surface area contributed by atoms with Crippen LogP contribution in [0.3, 0.4) is 0 Å². The molecule has 0 spiro atoms. The highest BCUT2D eigenvalue weighted by atomic mass is 16.5. The monoisotopic (exact) mass is 283 g/mol. The van der Waals surface area contributed by atoms with Gasteiger partial charge in [0.1, 0.15) is 6.10 Å². The molecule has 0 aromatic heterocycles. The highest BCUT2D eigenvalue weighted by Gasteiger charge is 2.42. The average molecular weight is 283 g/mol. The van der Waals surface area contributed by atoms with Gasteiger partial charge in [0.05, 0.1) is 5.56 Å². The number of hydrogen-bond donors (Lipinski definition) is 0. The number of nitrogens with zero attached hydrogens (tertiary/aromatic N) is 1. The Bertz CT molecular complexity index is 703. The second-order valence-corrected chi connectivity index (χ2v) is 6.76. The number of ether oxygens (including phenoxy) is 1. The predicted octanol–water partition coefficient (Wildman–Crippen LogP) is 3.64. The molecule has 3 heteroatoms. The topological polar surface area (TPSA) is 29.5 Å². The van der Waals surface area contributed by atoms with Crippen molar-refractivity contribution in [3.05, 3.63) is 47.5 Å². The van der Waals surface area contributed by atoms with Crippen LogP contribution in [0.2, 0.25) is 0 Å². The zero-order valence-corrected chi connectivity index (χ0v) is 13.0. The van der Waals surface area contributed by atoms with Gasteiger partial charge in [-0.25, -0.2) is 4.79 Å². The van der Waals surface area contributed by atoms with Crippen LogP contribution in [0.15, 0.2) is 36.4 Å². The number of fused-ring (bicyclic) bond motifs is 3. The van der Waals surface area contributed by atoms with Gasteiger partial charge in [-0.15, -0.1) is 0 Å². The number of carbonyl (C=O) groups is 1. The highest BCUT2D eigenvalue weighted by Crippen LogP contribution is 2.45. The van der Waals surface area contributed by atoms with E-state index < -0.39 is 0 Å². The van der Waals surface area contributed by atoms with E-state index in [1.807, 2.05) is 44.4 Å². The molecule has 3 rings (SSSR count). The minimum absolute atomic E-state index is 0.132. The maximum absolute atomic E-state index is 12.4. The summed E-state index contributed by atoms with van der Waals surface area (Å²) < 4.78 is 5.74. The zero-order valence-electron chi connectivity index (χ0n) is 13.0. The molecule has 21 heavy (non-hydrogen) atoms. The molecule has 0 fully saturated rings. The number of rotatable bonds is 3. The molecule has 0 N–H and O–H groups in total. The Labute approximate surface area is 125 Å². The lowest BCUT2D eigenvalue weighted by Crippen LogP contribution is -2.34. The lowest BCUT2D eigenvalue weighted by atomic mass is 9.81. The maximum Gasteiger partial charge on any atom is 0.339 e. The van der Waals surface area contributed by atoms with Crippen molar-refractivity contribution in [1.29, 1.82) is 0 Å². The molecule has 0 saturated carbocycles. The van der Waals surface area contributed by atoms with Crippen molar-refractivity contribution in [1.82, 2.24) is 4.90 Å². The molecular weight excluding hydrogens is 262 g/mol. The fourth-order valence-corrected chi connectivity index (χ4v) is 3.44. The number of hydrogen-bond acceptors (Lipinski definition) is 3. The summed E-state index contributed by atoms with van der Waals surface area (Å²) in [6, 6.07) is 12.1. The molecule has 0 bridgehead atoms. The minimum atomic E-state index is -0.196. The maximum atomic E-state index is 12.4. The van der Waals surface area contributed by atoms with Gasteiger partial charge >= 0.3 is 5.97 Å². The van der Waals surface area contributed by atoms with Crippen molar-refractivity contribution in [2.75, 3.05) is 20.6 Å². The van der Waals surface area contributed by atoms with E-state index in [1.165, 1.54) is 0 Å². The van der Waals surface area contributed by atoms with Crippen molar-refractivity contribution < 1.29 is 9.53 Å². The van der Waals surface area contributed by atoms with Gasteiger partial charge in [-0.05, 0) is 24.9 Å². The summed E-state index contributed by atoms with van der Waals surface area (Å²) in [7, 11) is 4.08. The Kier molecular flexibility index (Phi) is 3.25. The van der Waals surface area contributed by atoms with Crippen LogP contribution >= 0.6 is 0 Å². The summed E-state index contributed by atoms with van der Waals surface area (Å²) in [5.74, 6) is -0.196. The fraction of sp³-hybridized carbons (Fsp3) is 0.389. The smallest absolute Gasteiger partial charge is 0.339 e. The van der Waals surface area contributed by atoms with Crippen molar-refractivity contribution in [2.24, 2.45) is 5.41 Å². The van der Waals surface area contributed by atoms with Gasteiger partial charge in [-0.1, -0.05) is 50.2 Å². The largest absolute Gasteiger partial charge is 0.453 e. The number of benzene rings is 2. The molecule has 1 heterocycles. The lowest BCUT2D eigenvalue weighted by molar-refractivity contribution is -0.00503. The molecule has 1 aliphatic rings. The van der Waals surface area contributed by atoms with Crippen molar-refractivity contribution in [3.8, 4) is 0 Å². The van der Waals surface area contributed by atoms with Crippen LogP contribution in [0.5, 0.6) is 0 Å². The Balaban J connectivity index is 2.13. The van der Waals surface area contributed by atoms with Crippen LogP contribution in [0.4, 0.5) is 0 Å². The van der Waals surface area contributed by atoms with E-state index in [0.717, 1.165) is 28.4 Å². The van der Waals surface area contributed by atoms with Crippen LogP contribution in [-0.2, 0) is 4.74 Å². The Hall–Kier alpha value is -1.87. The molecule has 2 aromatic carbocycles. The first-order valence-corrected chi connectivity index (χ1v) is 7.27. The summed E-state index contributed by atoms with van der Waals surface area (Å²) in [6.07, 6.45) is -0.188. The molecule has 110 valence electrons. The molecule has 2 aromatic rings. The second-order valence-electron chi connectivity index (χ2n) is 6.76. The third kappa shape index (κ3) is 2.32. The standard InChI is InChI=1S/C18H21NO2/c1-18(2,11-19(3)4)16-14-10-9-12-7-5-6-8-13(12)15(14)17(20)21-16/h5-10,16H,11H2,1-4H3. The normalized spacial score (nSPS) is 18.1. The fourth-order valence-electron chi connectivity index (χ4n) is 3.44. The van der Waals surface area contributed by atoms with Crippen LogP contribution in [0, 0.1) is 5.41 Å². The minimum Gasteiger partial charge on any atom is -0.453 e. The summed E-state index contributed by atoms with van der Waals surface area (Å²) in [5, 5.41) is 2.07. The average Bonchev–Trinajstić information content (AvgIpc) is 2.76. The SMILES string of the molecule is CN(C)CC(C)(C)C1OC(=O)c2c1ccc1ccccc21. The first kappa shape index (κ1) is 14.1. The van der Waals surface area contributed by atoms with E-state index in [4.69, 9.17) is 4.74 Å². The second kappa shape index (κ2) is 4.85. The van der Waals surface area contributed by atoms with Gasteiger partial charge in [0.2, 0.25) is 0 Å². The predicted molar refractivity (Wildman–Crippen MR) is 84.4 cm³/mol. The van der Waals surface area contributed by atoms with Gasteiger partial charge in [0, 0.05) is 17.5 Å². The van der Waals surface area contributed by atoms with Gasteiger partial charge in [0.15, 0.2) is 0 Å². The molecule has 0 aliphatic carbocycles. The summed E-state index contributed by atoms with van der Waals surface area (Å²) >= 11 is 0. The van der Waals surface area contributed by atoms with Crippen LogP contribution in [0.1, 0.15) is 35.9 Å². The molecule has 1 unspecified atom stereocenters. The van der Waals surface area contributed by atoms with Crippen LogP contribution < -0.4 is 0 Å². The first-order chi connectivity index (χ1) is 9.90. The van der Waals surface area contributed by atoms with E-state index >= 15 is 0 Å². The Morgan fingerprint density at radius 3 is 2.57 bits per heavy atom. The van der Waals surface area contributed by atoms with E-state index in [2.05, 4.69) is 24.8 Å². The molecule has 1 aliphatic heterocycles. The molecule has 1 atom stereocenters. The quantitative estimate of drug-likeness (QED) is 0.805. The third-order valence-corrected chi connectivity index (χ3v) is 4.11. The first-order valence-electron chi connectivity index (χ1n) is 7.27. The van der Waals surface area contributed by atoms with Crippen molar-refractivity contribution in [2.45, 2.75) is 20.0 Å². The van der Waals surface area contributed by atoms with Gasteiger partial charge in [0.25, 0.3) is 0 Å². The Morgan fingerprint density at radius 2 is 1.86 bits per heavy atom. The van der Waals surface area contributed by atoms with Gasteiger partial charge in [-0.2, -0.15) is 0 Å². The highest BCUT2D eigenvalue weighted by molar-refractivity contribution is 6.07. The summed E-state index contributed by atoms with van der Waals surface area (Å²) in [6.45, 7) is 5.15. The van der Waals surface area contributed by atoms with Gasteiger partial charge < -0.3 is 9.64 Å². The number of esters is 1. The zero-order chi connectivity index (χ0) is 15.2. The molecule has 0 amide bonds. The van der Waals surface area contributed by atoms with E-state index in [-0.39, 0.29) is 17.5 Å². The lowest BCUT2D eigenvalue weighted by Gasteiger charge is -2.33.